The number of halogens is 3. The molecule has 1 atom stereocenters. The minimum absolute atomic E-state index is 0.0431. The lowest BCUT2D eigenvalue weighted by Crippen LogP contribution is -2.30. The summed E-state index contributed by atoms with van der Waals surface area (Å²) in [5, 5.41) is 0.450. The van der Waals surface area contributed by atoms with Gasteiger partial charge in [0.1, 0.15) is 5.82 Å². The minimum Gasteiger partial charge on any atom is -0.376 e. The fourth-order valence-electron chi connectivity index (χ4n) is 4.08. The molecule has 1 fully saturated rings. The Morgan fingerprint density at radius 3 is 2.56 bits per heavy atom. The van der Waals surface area contributed by atoms with Crippen LogP contribution < -0.4 is 0 Å². The smallest absolute Gasteiger partial charge is 0.243 e. The fraction of sp³-hybridized carbons (Fsp3) is 0.435. The second kappa shape index (κ2) is 10.3. The zero-order valence-electron chi connectivity index (χ0n) is 18.9. The summed E-state index contributed by atoms with van der Waals surface area (Å²) in [4.78, 5) is 4.71. The Hall–Kier alpha value is -2.08. The molecule has 1 aliphatic rings. The zero-order valence-corrected chi connectivity index (χ0v) is 20.6. The number of sulfonamides is 1. The van der Waals surface area contributed by atoms with Crippen molar-refractivity contribution in [1.82, 2.24) is 13.9 Å². The predicted octanol–water partition coefficient (Wildman–Crippen LogP) is 4.96. The molecule has 4 rings (SSSR count). The Labute approximate surface area is 201 Å². The SMILES string of the molecule is CCN(CC)S(=O)(=O)c1ccc2c(c1)nc(SCc1c(F)ccc(F)c1F)n2C[C@@H]1CCCO1. The third kappa shape index (κ3) is 4.84. The van der Waals surface area contributed by atoms with Gasteiger partial charge in [0.15, 0.2) is 16.8 Å². The summed E-state index contributed by atoms with van der Waals surface area (Å²) in [6.07, 6.45) is 1.76. The van der Waals surface area contributed by atoms with Crippen molar-refractivity contribution in [3.63, 3.8) is 0 Å². The first-order chi connectivity index (χ1) is 16.3. The Morgan fingerprint density at radius 2 is 1.88 bits per heavy atom. The average molecular weight is 514 g/mol. The number of benzene rings is 2. The van der Waals surface area contributed by atoms with Crippen molar-refractivity contribution in [3.8, 4) is 0 Å². The lowest BCUT2D eigenvalue weighted by atomic mass is 10.2. The number of nitrogens with zero attached hydrogens (tertiary/aromatic N) is 3. The third-order valence-electron chi connectivity index (χ3n) is 5.92. The molecule has 0 radical (unpaired) electrons. The van der Waals surface area contributed by atoms with E-state index in [1.165, 1.54) is 10.4 Å². The summed E-state index contributed by atoms with van der Waals surface area (Å²) < 4.78 is 76.9. The maximum atomic E-state index is 14.2. The van der Waals surface area contributed by atoms with Crippen LogP contribution in [0.5, 0.6) is 0 Å². The van der Waals surface area contributed by atoms with Crippen LogP contribution >= 0.6 is 11.8 Å². The van der Waals surface area contributed by atoms with E-state index in [1.54, 1.807) is 26.0 Å². The molecule has 34 heavy (non-hydrogen) atoms. The van der Waals surface area contributed by atoms with Gasteiger partial charge in [0.2, 0.25) is 10.0 Å². The second-order valence-corrected chi connectivity index (χ2v) is 10.9. The third-order valence-corrected chi connectivity index (χ3v) is 8.97. The van der Waals surface area contributed by atoms with Crippen molar-refractivity contribution >= 4 is 32.8 Å². The van der Waals surface area contributed by atoms with Crippen molar-refractivity contribution in [2.45, 2.75) is 55.1 Å². The van der Waals surface area contributed by atoms with Gasteiger partial charge >= 0.3 is 0 Å². The summed E-state index contributed by atoms with van der Waals surface area (Å²) in [6.45, 7) is 5.36. The van der Waals surface area contributed by atoms with E-state index < -0.39 is 27.5 Å². The van der Waals surface area contributed by atoms with Crippen LogP contribution in [0.25, 0.3) is 11.0 Å². The average Bonchev–Trinajstić information content (AvgIpc) is 3.45. The van der Waals surface area contributed by atoms with Crippen LogP contribution in [0, 0.1) is 17.5 Å². The molecular formula is C23H26F3N3O3S2. The van der Waals surface area contributed by atoms with Crippen molar-refractivity contribution in [1.29, 1.82) is 0 Å². The molecule has 11 heteroatoms. The maximum absolute atomic E-state index is 14.2. The maximum Gasteiger partial charge on any atom is 0.243 e. The number of hydrogen-bond donors (Lipinski definition) is 0. The minimum atomic E-state index is -3.68. The molecule has 0 amide bonds. The van der Waals surface area contributed by atoms with Gasteiger partial charge in [-0.25, -0.2) is 26.6 Å². The Morgan fingerprint density at radius 1 is 1.15 bits per heavy atom. The number of fused-ring (bicyclic) bond motifs is 1. The zero-order chi connectivity index (χ0) is 24.5. The van der Waals surface area contributed by atoms with Crippen molar-refractivity contribution in [2.75, 3.05) is 19.7 Å². The van der Waals surface area contributed by atoms with E-state index in [0.29, 0.717) is 42.4 Å². The number of hydrogen-bond acceptors (Lipinski definition) is 5. The number of imidazole rings is 1. The van der Waals surface area contributed by atoms with Crippen LogP contribution in [-0.4, -0.2) is 48.1 Å². The molecular weight excluding hydrogens is 487 g/mol. The molecule has 0 bridgehead atoms. The molecule has 0 N–H and O–H groups in total. The monoisotopic (exact) mass is 513 g/mol. The van der Waals surface area contributed by atoms with Crippen molar-refractivity contribution in [2.24, 2.45) is 0 Å². The van der Waals surface area contributed by atoms with Crippen LogP contribution in [-0.2, 0) is 27.1 Å². The van der Waals surface area contributed by atoms with Gasteiger partial charge in [-0.1, -0.05) is 25.6 Å². The van der Waals surface area contributed by atoms with E-state index in [1.807, 2.05) is 4.57 Å². The van der Waals surface area contributed by atoms with Gasteiger partial charge in [-0.15, -0.1) is 0 Å². The highest BCUT2D eigenvalue weighted by atomic mass is 32.2. The summed E-state index contributed by atoms with van der Waals surface area (Å²) in [5.41, 5.74) is 0.774. The number of rotatable bonds is 9. The first-order valence-corrected chi connectivity index (χ1v) is 13.6. The summed E-state index contributed by atoms with van der Waals surface area (Å²) >= 11 is 1.06. The molecule has 184 valence electrons. The first kappa shape index (κ1) is 25.0. The van der Waals surface area contributed by atoms with Crippen LogP contribution in [0.3, 0.4) is 0 Å². The lowest BCUT2D eigenvalue weighted by Gasteiger charge is -2.18. The molecule has 6 nitrogen and oxygen atoms in total. The Balaban J connectivity index is 1.73. The van der Waals surface area contributed by atoms with Gasteiger partial charge in [-0.3, -0.25) is 0 Å². The van der Waals surface area contributed by atoms with Gasteiger partial charge < -0.3 is 9.30 Å². The topological polar surface area (TPSA) is 64.4 Å². The van der Waals surface area contributed by atoms with Crippen LogP contribution in [0.2, 0.25) is 0 Å². The highest BCUT2D eigenvalue weighted by Gasteiger charge is 2.25. The Bertz CT molecular complexity index is 1290. The lowest BCUT2D eigenvalue weighted by molar-refractivity contribution is 0.0960. The van der Waals surface area contributed by atoms with Crippen molar-refractivity contribution in [3.05, 3.63) is 53.3 Å². The quantitative estimate of drug-likeness (QED) is 0.299. The van der Waals surface area contributed by atoms with Crippen LogP contribution in [0.1, 0.15) is 32.3 Å². The van der Waals surface area contributed by atoms with E-state index in [9.17, 15) is 21.6 Å². The normalized spacial score (nSPS) is 16.7. The highest BCUT2D eigenvalue weighted by molar-refractivity contribution is 7.98. The molecule has 0 aliphatic carbocycles. The van der Waals surface area contributed by atoms with Crippen LogP contribution in [0.15, 0.2) is 40.4 Å². The van der Waals surface area contributed by atoms with Gasteiger partial charge in [0.25, 0.3) is 0 Å². The van der Waals surface area contributed by atoms with E-state index >= 15 is 0 Å². The number of ether oxygens (including phenoxy) is 1. The Kier molecular flexibility index (Phi) is 7.56. The molecule has 3 aromatic rings. The van der Waals surface area contributed by atoms with Gasteiger partial charge in [0.05, 0.1) is 28.6 Å². The van der Waals surface area contributed by atoms with Crippen LogP contribution in [0.4, 0.5) is 13.2 Å². The predicted molar refractivity (Wildman–Crippen MR) is 125 cm³/mol. The molecule has 1 aromatic heterocycles. The standard InChI is InChI=1S/C23H26F3N3O3S2/c1-3-28(4-2)34(30,31)16-7-10-21-20(12-16)27-23(29(21)13-15-6-5-11-32-15)33-14-17-18(24)8-9-19(25)22(17)26/h7-10,12,15H,3-6,11,13-14H2,1-2H3/t15-/m0/s1. The summed E-state index contributed by atoms with van der Waals surface area (Å²) in [5.74, 6) is -3.34. The van der Waals surface area contributed by atoms with Crippen molar-refractivity contribution < 1.29 is 26.3 Å². The molecule has 0 spiro atoms. The van der Waals surface area contributed by atoms with E-state index in [4.69, 9.17) is 4.74 Å². The van der Waals surface area contributed by atoms with Gasteiger partial charge in [-0.05, 0) is 43.2 Å². The van der Waals surface area contributed by atoms with Gasteiger partial charge in [0, 0.05) is 31.0 Å². The van der Waals surface area contributed by atoms with E-state index in [0.717, 1.165) is 36.7 Å². The molecule has 2 heterocycles. The molecule has 2 aromatic carbocycles. The molecule has 0 saturated carbocycles. The highest BCUT2D eigenvalue weighted by Crippen LogP contribution is 2.32. The van der Waals surface area contributed by atoms with E-state index in [-0.39, 0.29) is 22.3 Å². The largest absolute Gasteiger partial charge is 0.376 e. The first-order valence-electron chi connectivity index (χ1n) is 11.1. The molecule has 1 saturated heterocycles. The van der Waals surface area contributed by atoms with E-state index in [2.05, 4.69) is 4.98 Å². The molecule has 0 unspecified atom stereocenters. The summed E-state index contributed by atoms with van der Waals surface area (Å²) in [7, 11) is -3.68. The number of thioether (sulfide) groups is 1. The fourth-order valence-corrected chi connectivity index (χ4v) is 6.59. The summed E-state index contributed by atoms with van der Waals surface area (Å²) in [6, 6.07) is 6.41. The number of aromatic nitrogens is 2. The molecule has 1 aliphatic heterocycles. The second-order valence-electron chi connectivity index (χ2n) is 7.99. The van der Waals surface area contributed by atoms with Gasteiger partial charge in [-0.2, -0.15) is 4.31 Å².